The predicted molar refractivity (Wildman–Crippen MR) is 82.2 cm³/mol. The minimum absolute atomic E-state index is 0.328. The normalized spacial score (nSPS) is 10.4. The van der Waals surface area contributed by atoms with Crippen molar-refractivity contribution in [3.63, 3.8) is 0 Å². The number of ether oxygens (including phenoxy) is 1. The maximum atomic E-state index is 11.8. The molecule has 0 bridgehead atoms. The Morgan fingerprint density at radius 3 is 2.95 bits per heavy atom. The van der Waals surface area contributed by atoms with Crippen LogP contribution in [0.4, 0.5) is 11.4 Å². The molecule has 1 aromatic carbocycles. The summed E-state index contributed by atoms with van der Waals surface area (Å²) in [5, 5.41) is 3.23. The van der Waals surface area contributed by atoms with Crippen molar-refractivity contribution in [2.75, 3.05) is 24.2 Å². The van der Waals surface area contributed by atoms with Gasteiger partial charge in [0.05, 0.1) is 23.5 Å². The topological polar surface area (TPSA) is 82.2 Å². The fourth-order valence-electron chi connectivity index (χ4n) is 2.05. The van der Waals surface area contributed by atoms with Gasteiger partial charge in [-0.05, 0) is 19.1 Å². The molecule has 0 radical (unpaired) electrons. The second-order valence-corrected chi connectivity index (χ2v) is 4.62. The van der Waals surface area contributed by atoms with E-state index < -0.39 is 5.97 Å². The molecule has 0 unspecified atom stereocenters. The maximum absolute atomic E-state index is 11.8. The van der Waals surface area contributed by atoms with E-state index in [0.717, 1.165) is 17.9 Å². The zero-order chi connectivity index (χ0) is 15.2. The van der Waals surface area contributed by atoms with E-state index in [-0.39, 0.29) is 0 Å². The Hall–Kier alpha value is -2.50. The Kier molecular flexibility index (Phi) is 4.81. The highest BCUT2D eigenvalue weighted by Gasteiger charge is 2.13. The van der Waals surface area contributed by atoms with E-state index in [1.54, 1.807) is 25.3 Å². The van der Waals surface area contributed by atoms with Gasteiger partial charge in [-0.15, -0.1) is 0 Å². The van der Waals surface area contributed by atoms with Crippen LogP contribution in [0.15, 0.2) is 30.6 Å². The molecule has 112 valence electrons. The third-order valence-corrected chi connectivity index (χ3v) is 3.19. The number of hydrogen-bond donors (Lipinski definition) is 2. The molecule has 1 heterocycles. The highest BCUT2D eigenvalue weighted by atomic mass is 16.5. The number of nitrogen functional groups attached to an aromatic ring is 1. The first-order valence-corrected chi connectivity index (χ1v) is 6.89. The van der Waals surface area contributed by atoms with Crippen LogP contribution < -0.4 is 11.1 Å². The first kappa shape index (κ1) is 14.9. The zero-order valence-corrected chi connectivity index (χ0v) is 12.3. The van der Waals surface area contributed by atoms with Crippen molar-refractivity contribution in [3.05, 3.63) is 42.0 Å². The van der Waals surface area contributed by atoms with Crippen LogP contribution in [0.1, 0.15) is 23.1 Å². The average Bonchev–Trinajstić information content (AvgIpc) is 2.86. The molecule has 0 aliphatic carbocycles. The number of hydrogen-bond acceptors (Lipinski definition) is 5. The number of anilines is 2. The molecule has 21 heavy (non-hydrogen) atoms. The van der Waals surface area contributed by atoms with Gasteiger partial charge in [0.2, 0.25) is 0 Å². The number of aromatic nitrogens is 2. The van der Waals surface area contributed by atoms with Crippen LogP contribution in [0, 0.1) is 0 Å². The van der Waals surface area contributed by atoms with Crippen molar-refractivity contribution in [3.8, 4) is 0 Å². The van der Waals surface area contributed by atoms with Crippen molar-refractivity contribution < 1.29 is 9.53 Å². The summed E-state index contributed by atoms with van der Waals surface area (Å²) >= 11 is 0. The first-order chi connectivity index (χ1) is 10.1. The highest BCUT2D eigenvalue weighted by molar-refractivity contribution is 5.98. The molecule has 2 rings (SSSR count). The first-order valence-electron chi connectivity index (χ1n) is 6.89. The van der Waals surface area contributed by atoms with Crippen LogP contribution in [0.3, 0.4) is 0 Å². The largest absolute Gasteiger partial charge is 0.462 e. The van der Waals surface area contributed by atoms with Gasteiger partial charge in [-0.1, -0.05) is 6.07 Å². The van der Waals surface area contributed by atoms with Crippen LogP contribution in [0.2, 0.25) is 0 Å². The number of aryl methyl sites for hydroxylation is 1. The summed E-state index contributed by atoms with van der Waals surface area (Å²) < 4.78 is 6.96. The molecule has 0 fully saturated rings. The fourth-order valence-corrected chi connectivity index (χ4v) is 2.05. The summed E-state index contributed by atoms with van der Waals surface area (Å²) in [6.45, 7) is 2.78. The van der Waals surface area contributed by atoms with Gasteiger partial charge in [0, 0.05) is 32.4 Å². The summed E-state index contributed by atoms with van der Waals surface area (Å²) in [7, 11) is 1.96. The van der Waals surface area contributed by atoms with Crippen LogP contribution >= 0.6 is 0 Å². The van der Waals surface area contributed by atoms with Crippen LogP contribution in [-0.4, -0.2) is 28.7 Å². The van der Waals surface area contributed by atoms with E-state index in [2.05, 4.69) is 10.3 Å². The molecule has 0 aliphatic heterocycles. The van der Waals surface area contributed by atoms with Crippen molar-refractivity contribution in [2.24, 2.45) is 7.05 Å². The quantitative estimate of drug-likeness (QED) is 0.626. The monoisotopic (exact) mass is 288 g/mol. The molecule has 3 N–H and O–H groups in total. The van der Waals surface area contributed by atoms with Crippen molar-refractivity contribution >= 4 is 17.3 Å². The Labute approximate surface area is 123 Å². The Balaban J connectivity index is 2.02. The standard InChI is InChI=1S/C15H20N4O2/c1-3-21-15(20)11-5-4-6-12(14(11)16)17-8-7-13-18-9-10-19(13)2/h4-6,9-10,17H,3,7-8,16H2,1-2H3. The summed E-state index contributed by atoms with van der Waals surface area (Å²) in [5.41, 5.74) is 7.55. The maximum Gasteiger partial charge on any atom is 0.340 e. The summed E-state index contributed by atoms with van der Waals surface area (Å²) in [6.07, 6.45) is 4.45. The third-order valence-electron chi connectivity index (χ3n) is 3.19. The molecule has 1 aromatic heterocycles. The van der Waals surface area contributed by atoms with Gasteiger partial charge in [-0.3, -0.25) is 0 Å². The van der Waals surface area contributed by atoms with Crippen molar-refractivity contribution in [2.45, 2.75) is 13.3 Å². The highest BCUT2D eigenvalue weighted by Crippen LogP contribution is 2.23. The molecule has 0 amide bonds. The lowest BCUT2D eigenvalue weighted by Crippen LogP contribution is -2.13. The lowest BCUT2D eigenvalue weighted by atomic mass is 10.1. The number of nitrogens with two attached hydrogens (primary N) is 1. The SMILES string of the molecule is CCOC(=O)c1cccc(NCCc2nccn2C)c1N. The summed E-state index contributed by atoms with van der Waals surface area (Å²) in [5.74, 6) is 0.588. The number of nitrogens with zero attached hydrogens (tertiary/aromatic N) is 2. The number of rotatable bonds is 6. The lowest BCUT2D eigenvalue weighted by molar-refractivity contribution is 0.0527. The molecule has 0 aliphatic rings. The molecule has 2 aromatic rings. The molecule has 0 saturated heterocycles. The van der Waals surface area contributed by atoms with Crippen LogP contribution in [0.5, 0.6) is 0 Å². The van der Waals surface area contributed by atoms with Crippen LogP contribution in [0.25, 0.3) is 0 Å². The zero-order valence-electron chi connectivity index (χ0n) is 12.3. The number of carbonyl (C=O) groups excluding carboxylic acids is 1. The number of nitrogens with one attached hydrogen (secondary N) is 1. The van der Waals surface area contributed by atoms with E-state index in [9.17, 15) is 4.79 Å². The number of carbonyl (C=O) groups is 1. The van der Waals surface area contributed by atoms with E-state index in [0.29, 0.717) is 24.4 Å². The van der Waals surface area contributed by atoms with Crippen molar-refractivity contribution in [1.29, 1.82) is 0 Å². The number of benzene rings is 1. The van der Waals surface area contributed by atoms with Gasteiger partial charge in [0.1, 0.15) is 5.82 Å². The molecule has 0 atom stereocenters. The molecule has 0 spiro atoms. The summed E-state index contributed by atoms with van der Waals surface area (Å²) in [6, 6.07) is 5.29. The Bertz CT molecular complexity index is 622. The van der Waals surface area contributed by atoms with Gasteiger partial charge in [-0.25, -0.2) is 9.78 Å². The number of para-hydroxylation sites is 1. The van der Waals surface area contributed by atoms with Gasteiger partial charge in [0.15, 0.2) is 0 Å². The van der Waals surface area contributed by atoms with Gasteiger partial charge in [-0.2, -0.15) is 0 Å². The summed E-state index contributed by atoms with van der Waals surface area (Å²) in [4.78, 5) is 16.0. The molecule has 6 nitrogen and oxygen atoms in total. The van der Waals surface area contributed by atoms with Crippen molar-refractivity contribution in [1.82, 2.24) is 9.55 Å². The lowest BCUT2D eigenvalue weighted by Gasteiger charge is -2.12. The van der Waals surface area contributed by atoms with E-state index >= 15 is 0 Å². The van der Waals surface area contributed by atoms with E-state index in [1.165, 1.54) is 0 Å². The second-order valence-electron chi connectivity index (χ2n) is 4.62. The Morgan fingerprint density at radius 2 is 2.29 bits per heavy atom. The fraction of sp³-hybridized carbons (Fsp3) is 0.333. The molecule has 6 heteroatoms. The van der Waals surface area contributed by atoms with Gasteiger partial charge in [0.25, 0.3) is 0 Å². The molecule has 0 saturated carbocycles. The number of imidazole rings is 1. The van der Waals surface area contributed by atoms with E-state index in [4.69, 9.17) is 10.5 Å². The average molecular weight is 288 g/mol. The second kappa shape index (κ2) is 6.78. The minimum atomic E-state index is -0.400. The van der Waals surface area contributed by atoms with Gasteiger partial charge < -0.3 is 20.4 Å². The van der Waals surface area contributed by atoms with Crippen LogP contribution in [-0.2, 0) is 18.2 Å². The molecular weight excluding hydrogens is 268 g/mol. The predicted octanol–water partition coefficient (Wildman–Crippen LogP) is 1.83. The Morgan fingerprint density at radius 1 is 1.48 bits per heavy atom. The number of esters is 1. The third kappa shape index (κ3) is 3.53. The molecular formula is C15H20N4O2. The van der Waals surface area contributed by atoms with E-state index in [1.807, 2.05) is 23.9 Å². The van der Waals surface area contributed by atoms with Gasteiger partial charge >= 0.3 is 5.97 Å². The smallest absolute Gasteiger partial charge is 0.340 e. The minimum Gasteiger partial charge on any atom is -0.462 e.